The summed E-state index contributed by atoms with van der Waals surface area (Å²) in [5.41, 5.74) is 5.60. The number of nitrogens with two attached hydrogens (primary N) is 1. The Morgan fingerprint density at radius 3 is 2.78 bits per heavy atom. The lowest BCUT2D eigenvalue weighted by molar-refractivity contribution is -0.125. The predicted molar refractivity (Wildman–Crippen MR) is 75.4 cm³/mol. The molecule has 2 unspecified atom stereocenters. The Bertz CT molecular complexity index is 310. The van der Waals surface area contributed by atoms with Gasteiger partial charge in [0.2, 0.25) is 5.91 Å². The van der Waals surface area contributed by atoms with Crippen LogP contribution in [0.3, 0.4) is 0 Å². The first-order valence-corrected chi connectivity index (χ1v) is 6.69. The molecule has 0 spiro atoms. The maximum absolute atomic E-state index is 12.0. The molecule has 104 valence electrons. The number of hydrogen-bond donors (Lipinski definition) is 2. The van der Waals surface area contributed by atoms with E-state index in [1.54, 1.807) is 0 Å². The maximum Gasteiger partial charge on any atom is 0.230 e. The van der Waals surface area contributed by atoms with Crippen LogP contribution in [0.15, 0.2) is 0 Å². The highest BCUT2D eigenvalue weighted by molar-refractivity contribution is 7.80. The van der Waals surface area contributed by atoms with Crippen molar-refractivity contribution in [1.29, 1.82) is 0 Å². The zero-order valence-electron chi connectivity index (χ0n) is 11.3. The summed E-state index contributed by atoms with van der Waals surface area (Å²) in [6.07, 6.45) is 0.0480. The average molecular weight is 273 g/mol. The topological polar surface area (TPSA) is 67.6 Å². The third kappa shape index (κ3) is 4.51. The highest BCUT2D eigenvalue weighted by atomic mass is 32.1. The number of morpholine rings is 1. The molecule has 6 heteroatoms. The summed E-state index contributed by atoms with van der Waals surface area (Å²) in [5.74, 6) is -0.395. The molecule has 0 aromatic carbocycles. The molecular weight excluding hydrogens is 250 g/mol. The van der Waals surface area contributed by atoms with E-state index in [2.05, 4.69) is 10.2 Å². The first kappa shape index (κ1) is 15.3. The fourth-order valence-corrected chi connectivity index (χ4v) is 2.45. The Hall–Kier alpha value is -0.720. The number of amides is 1. The van der Waals surface area contributed by atoms with Crippen molar-refractivity contribution >= 4 is 23.1 Å². The van der Waals surface area contributed by atoms with Crippen LogP contribution in [0.25, 0.3) is 0 Å². The monoisotopic (exact) mass is 273 g/mol. The number of nitrogens with zero attached hydrogens (tertiary/aromatic N) is 1. The maximum atomic E-state index is 12.0. The van der Waals surface area contributed by atoms with Gasteiger partial charge in [0.05, 0.1) is 23.6 Å². The van der Waals surface area contributed by atoms with Crippen LogP contribution in [-0.4, -0.2) is 55.2 Å². The largest absolute Gasteiger partial charge is 0.393 e. The minimum atomic E-state index is -0.402. The van der Waals surface area contributed by atoms with Gasteiger partial charge in [-0.05, 0) is 13.0 Å². The quantitative estimate of drug-likeness (QED) is 0.690. The summed E-state index contributed by atoms with van der Waals surface area (Å²) in [6, 6.07) is 0. The molecule has 1 rings (SSSR count). The molecule has 2 atom stereocenters. The van der Waals surface area contributed by atoms with Crippen LogP contribution < -0.4 is 11.1 Å². The van der Waals surface area contributed by atoms with Gasteiger partial charge in [-0.1, -0.05) is 26.1 Å². The predicted octanol–water partition coefficient (Wildman–Crippen LogP) is -0.00850. The molecule has 0 aliphatic carbocycles. The lowest BCUT2D eigenvalue weighted by Gasteiger charge is -2.30. The second kappa shape index (κ2) is 7.01. The van der Waals surface area contributed by atoms with E-state index in [1.165, 1.54) is 0 Å². The molecule has 1 aliphatic rings. The van der Waals surface area contributed by atoms with Crippen molar-refractivity contribution in [3.8, 4) is 0 Å². The highest BCUT2D eigenvalue weighted by Gasteiger charge is 2.26. The Kier molecular flexibility index (Phi) is 5.98. The van der Waals surface area contributed by atoms with Gasteiger partial charge < -0.3 is 20.7 Å². The van der Waals surface area contributed by atoms with Gasteiger partial charge in [-0.15, -0.1) is 0 Å². The molecule has 0 aromatic heterocycles. The van der Waals surface area contributed by atoms with Crippen molar-refractivity contribution in [1.82, 2.24) is 10.2 Å². The zero-order valence-corrected chi connectivity index (χ0v) is 12.1. The Balaban J connectivity index is 2.42. The molecule has 0 bridgehead atoms. The van der Waals surface area contributed by atoms with Crippen LogP contribution in [0.1, 0.15) is 13.8 Å². The van der Waals surface area contributed by atoms with Crippen molar-refractivity contribution in [2.45, 2.75) is 20.0 Å². The van der Waals surface area contributed by atoms with Gasteiger partial charge in [-0.3, -0.25) is 4.79 Å². The number of ether oxygens (including phenoxy) is 1. The smallest absolute Gasteiger partial charge is 0.230 e. The van der Waals surface area contributed by atoms with Gasteiger partial charge in [0.15, 0.2) is 0 Å². The Labute approximate surface area is 114 Å². The molecule has 1 heterocycles. The number of hydrogen-bond acceptors (Lipinski definition) is 4. The minimum absolute atomic E-state index is 0.0480. The van der Waals surface area contributed by atoms with Gasteiger partial charge in [0.25, 0.3) is 0 Å². The second-order valence-electron chi connectivity index (χ2n) is 5.12. The van der Waals surface area contributed by atoms with Crippen LogP contribution in [-0.2, 0) is 9.53 Å². The average Bonchev–Trinajstić information content (AvgIpc) is 2.25. The van der Waals surface area contributed by atoms with Gasteiger partial charge in [0.1, 0.15) is 0 Å². The van der Waals surface area contributed by atoms with Crippen molar-refractivity contribution in [3.05, 3.63) is 0 Å². The number of likely N-dealkylation sites (N-methyl/N-ethyl adjacent to an activating group) is 1. The SMILES string of the molecule is CC(C)C(C(=O)NCC1CN(C)CCO1)C(N)=S. The number of carbonyl (C=O) groups excluding carboxylic acids is 1. The summed E-state index contributed by atoms with van der Waals surface area (Å²) >= 11 is 4.94. The number of carbonyl (C=O) groups is 1. The molecule has 0 aromatic rings. The summed E-state index contributed by atoms with van der Waals surface area (Å²) in [5, 5.41) is 2.88. The van der Waals surface area contributed by atoms with Gasteiger partial charge in [-0.25, -0.2) is 0 Å². The van der Waals surface area contributed by atoms with Crippen LogP contribution in [0.4, 0.5) is 0 Å². The van der Waals surface area contributed by atoms with Crippen LogP contribution >= 0.6 is 12.2 Å². The molecule has 1 fully saturated rings. The van der Waals surface area contributed by atoms with E-state index in [4.69, 9.17) is 22.7 Å². The molecule has 1 amide bonds. The first-order chi connectivity index (χ1) is 8.41. The molecule has 3 N–H and O–H groups in total. The summed E-state index contributed by atoms with van der Waals surface area (Å²) in [4.78, 5) is 14.4. The molecular formula is C12H23N3O2S. The first-order valence-electron chi connectivity index (χ1n) is 6.29. The third-order valence-electron chi connectivity index (χ3n) is 3.10. The molecule has 1 saturated heterocycles. The van der Waals surface area contributed by atoms with E-state index in [1.807, 2.05) is 20.9 Å². The van der Waals surface area contributed by atoms with E-state index in [0.717, 1.165) is 13.1 Å². The summed E-state index contributed by atoms with van der Waals surface area (Å²) < 4.78 is 5.58. The van der Waals surface area contributed by atoms with E-state index >= 15 is 0 Å². The molecule has 0 saturated carbocycles. The van der Waals surface area contributed by atoms with Crippen molar-refractivity contribution in [2.75, 3.05) is 33.3 Å². The molecule has 5 nitrogen and oxygen atoms in total. The zero-order chi connectivity index (χ0) is 13.7. The van der Waals surface area contributed by atoms with E-state index in [-0.39, 0.29) is 22.9 Å². The minimum Gasteiger partial charge on any atom is -0.393 e. The molecule has 18 heavy (non-hydrogen) atoms. The van der Waals surface area contributed by atoms with E-state index in [0.29, 0.717) is 13.2 Å². The fraction of sp³-hybridized carbons (Fsp3) is 0.833. The third-order valence-corrected chi connectivity index (χ3v) is 3.36. The summed E-state index contributed by atoms with van der Waals surface area (Å²) in [6.45, 7) is 6.86. The molecule has 1 aliphatic heterocycles. The van der Waals surface area contributed by atoms with Gasteiger partial charge in [-0.2, -0.15) is 0 Å². The van der Waals surface area contributed by atoms with Crippen LogP contribution in [0.5, 0.6) is 0 Å². The normalized spacial score (nSPS) is 22.8. The van der Waals surface area contributed by atoms with Gasteiger partial charge >= 0.3 is 0 Å². The highest BCUT2D eigenvalue weighted by Crippen LogP contribution is 2.11. The lowest BCUT2D eigenvalue weighted by atomic mass is 9.95. The van der Waals surface area contributed by atoms with Crippen LogP contribution in [0, 0.1) is 11.8 Å². The second-order valence-corrected chi connectivity index (χ2v) is 5.60. The van der Waals surface area contributed by atoms with Crippen LogP contribution in [0.2, 0.25) is 0 Å². The van der Waals surface area contributed by atoms with Gasteiger partial charge in [0, 0.05) is 19.6 Å². The van der Waals surface area contributed by atoms with Crippen molar-refractivity contribution in [3.63, 3.8) is 0 Å². The Morgan fingerprint density at radius 2 is 2.28 bits per heavy atom. The standard InChI is InChI=1S/C12H23N3O2S/c1-8(2)10(11(13)18)12(16)14-6-9-7-15(3)4-5-17-9/h8-10H,4-7H2,1-3H3,(H2,13,18)(H,14,16). The number of thiocarbonyl (C=S) groups is 1. The number of nitrogens with one attached hydrogen (secondary N) is 1. The van der Waals surface area contributed by atoms with E-state index in [9.17, 15) is 4.79 Å². The molecule has 0 radical (unpaired) electrons. The van der Waals surface area contributed by atoms with E-state index < -0.39 is 5.92 Å². The van der Waals surface area contributed by atoms with Crippen molar-refractivity contribution in [2.24, 2.45) is 17.6 Å². The summed E-state index contributed by atoms with van der Waals surface area (Å²) in [7, 11) is 2.04. The fourth-order valence-electron chi connectivity index (χ4n) is 2.08. The Morgan fingerprint density at radius 1 is 1.61 bits per heavy atom. The lowest BCUT2D eigenvalue weighted by Crippen LogP contribution is -2.48. The number of rotatable bonds is 5. The van der Waals surface area contributed by atoms with Crippen molar-refractivity contribution < 1.29 is 9.53 Å².